The van der Waals surface area contributed by atoms with Gasteiger partial charge in [-0.15, -0.1) is 0 Å². The van der Waals surface area contributed by atoms with Crippen molar-refractivity contribution >= 4 is 33.4 Å². The molecule has 0 bridgehead atoms. The van der Waals surface area contributed by atoms with Crippen molar-refractivity contribution < 1.29 is 32.2 Å². The zero-order valence-electron chi connectivity index (χ0n) is 18.6. The van der Waals surface area contributed by atoms with Gasteiger partial charge >= 0.3 is 12.2 Å². The first kappa shape index (κ1) is 25.6. The Morgan fingerprint density at radius 2 is 1.94 bits per heavy atom. The van der Waals surface area contributed by atoms with Crippen LogP contribution in [-0.4, -0.2) is 25.5 Å². The number of rotatable bonds is 7. The molecule has 0 heterocycles. The van der Waals surface area contributed by atoms with Crippen LogP contribution in [0.5, 0.6) is 5.75 Å². The molecule has 2 aromatic rings. The highest BCUT2D eigenvalue weighted by molar-refractivity contribution is 9.10. The van der Waals surface area contributed by atoms with E-state index in [0.29, 0.717) is 42.1 Å². The van der Waals surface area contributed by atoms with E-state index in [0.717, 1.165) is 16.6 Å². The Labute approximate surface area is 203 Å². The topological polar surface area (TPSA) is 76.7 Å². The summed E-state index contributed by atoms with van der Waals surface area (Å²) in [4.78, 5) is 25.9. The number of amides is 2. The first-order valence-electron chi connectivity index (χ1n) is 10.6. The Morgan fingerprint density at radius 1 is 1.18 bits per heavy atom. The zero-order chi connectivity index (χ0) is 24.9. The minimum absolute atomic E-state index is 0.0390. The van der Waals surface area contributed by atoms with Gasteiger partial charge in [0.25, 0.3) is 0 Å². The third kappa shape index (κ3) is 6.11. The van der Waals surface area contributed by atoms with Gasteiger partial charge in [-0.3, -0.25) is 4.79 Å². The fourth-order valence-electron chi connectivity index (χ4n) is 3.78. The van der Waals surface area contributed by atoms with Crippen molar-refractivity contribution in [1.29, 1.82) is 0 Å². The molecule has 2 amide bonds. The van der Waals surface area contributed by atoms with E-state index in [9.17, 15) is 22.8 Å². The quantitative estimate of drug-likeness (QED) is 0.427. The van der Waals surface area contributed by atoms with Crippen LogP contribution in [0.1, 0.15) is 43.4 Å². The van der Waals surface area contributed by atoms with Gasteiger partial charge in [-0.1, -0.05) is 28.1 Å². The number of hydrogen-bond donors (Lipinski definition) is 2. The summed E-state index contributed by atoms with van der Waals surface area (Å²) in [7, 11) is 1.46. The lowest BCUT2D eigenvalue weighted by molar-refractivity contribution is -0.137. The van der Waals surface area contributed by atoms with Crippen LogP contribution >= 0.6 is 15.9 Å². The van der Waals surface area contributed by atoms with E-state index in [1.807, 2.05) is 0 Å². The molecule has 3 rings (SSSR count). The first-order valence-corrected chi connectivity index (χ1v) is 11.4. The largest absolute Gasteiger partial charge is 0.498 e. The molecule has 182 valence electrons. The number of carbonyl (C=O) groups is 2. The van der Waals surface area contributed by atoms with Gasteiger partial charge in [-0.25, -0.2) is 4.79 Å². The zero-order valence-corrected chi connectivity index (χ0v) is 20.2. The van der Waals surface area contributed by atoms with Gasteiger partial charge in [-0.05, 0) is 43.7 Å². The van der Waals surface area contributed by atoms with Gasteiger partial charge < -0.3 is 20.1 Å². The third-order valence-corrected chi connectivity index (χ3v) is 5.74. The van der Waals surface area contributed by atoms with E-state index in [2.05, 4.69) is 26.6 Å². The number of benzene rings is 2. The van der Waals surface area contributed by atoms with Gasteiger partial charge in [0.1, 0.15) is 11.5 Å². The lowest BCUT2D eigenvalue weighted by Crippen LogP contribution is -2.37. The Hall–Kier alpha value is -3.01. The van der Waals surface area contributed by atoms with Crippen LogP contribution in [0.25, 0.3) is 0 Å². The van der Waals surface area contributed by atoms with Crippen LogP contribution in [0.2, 0.25) is 0 Å². The van der Waals surface area contributed by atoms with Crippen molar-refractivity contribution in [2.24, 2.45) is 0 Å². The normalized spacial score (nSPS) is 15.1. The van der Waals surface area contributed by atoms with Crippen molar-refractivity contribution in [2.75, 3.05) is 19.0 Å². The predicted molar refractivity (Wildman–Crippen MR) is 125 cm³/mol. The van der Waals surface area contributed by atoms with Crippen LogP contribution in [0.15, 0.2) is 58.3 Å². The van der Waals surface area contributed by atoms with Gasteiger partial charge in [0.05, 0.1) is 30.9 Å². The number of anilines is 1. The molecule has 2 aromatic carbocycles. The first-order chi connectivity index (χ1) is 16.1. The highest BCUT2D eigenvalue weighted by atomic mass is 79.9. The molecule has 6 nitrogen and oxygen atoms in total. The van der Waals surface area contributed by atoms with Crippen LogP contribution < -0.4 is 15.4 Å². The van der Waals surface area contributed by atoms with E-state index in [-0.39, 0.29) is 17.9 Å². The summed E-state index contributed by atoms with van der Waals surface area (Å²) in [6.07, 6.45) is -3.11. The minimum atomic E-state index is -4.55. The molecule has 0 aromatic heterocycles. The number of halogens is 4. The maximum absolute atomic E-state index is 13.1. The number of nitrogens with one attached hydrogen (secondary N) is 2. The van der Waals surface area contributed by atoms with Gasteiger partial charge in [0.15, 0.2) is 5.78 Å². The molecule has 1 unspecified atom stereocenters. The lowest BCUT2D eigenvalue weighted by atomic mass is 9.87. The lowest BCUT2D eigenvalue weighted by Gasteiger charge is -2.28. The average Bonchev–Trinajstić information content (AvgIpc) is 2.78. The summed E-state index contributed by atoms with van der Waals surface area (Å²) in [5.41, 5.74) is -0.122. The summed E-state index contributed by atoms with van der Waals surface area (Å²) in [5.74, 6) is 0.720. The van der Waals surface area contributed by atoms with E-state index >= 15 is 0 Å². The molecule has 34 heavy (non-hydrogen) atoms. The summed E-state index contributed by atoms with van der Waals surface area (Å²) < 4.78 is 51.1. The number of urea groups is 1. The molecular weight excluding hydrogens is 517 g/mol. The third-order valence-electron chi connectivity index (χ3n) is 5.25. The Bertz CT molecular complexity index is 1100. The van der Waals surface area contributed by atoms with Crippen molar-refractivity contribution in [3.05, 3.63) is 69.4 Å². The summed E-state index contributed by atoms with van der Waals surface area (Å²) in [5, 5.41) is 5.17. The number of Topliss-reactive ketones (excluding diaryl/α,β-unsaturated/α-hetero) is 1. The van der Waals surface area contributed by atoms with E-state index in [4.69, 9.17) is 9.47 Å². The Morgan fingerprint density at radius 3 is 2.62 bits per heavy atom. The maximum atomic E-state index is 13.1. The van der Waals surface area contributed by atoms with Crippen molar-refractivity contribution in [3.63, 3.8) is 0 Å². The molecule has 0 spiro atoms. The number of hydrogen-bond acceptors (Lipinski definition) is 4. The Balaban J connectivity index is 2.00. The van der Waals surface area contributed by atoms with E-state index in [1.54, 1.807) is 25.1 Å². The second-order valence-electron chi connectivity index (χ2n) is 7.54. The van der Waals surface area contributed by atoms with Gasteiger partial charge in [0.2, 0.25) is 0 Å². The number of allylic oxidation sites excluding steroid dienone is 1. The summed E-state index contributed by atoms with van der Waals surface area (Å²) in [6, 6.07) is 7.73. The number of ether oxygens (including phenoxy) is 2. The molecule has 1 atom stereocenters. The molecule has 1 aliphatic carbocycles. The number of ketones is 1. The smallest absolute Gasteiger partial charge is 0.416 e. The second-order valence-corrected chi connectivity index (χ2v) is 8.46. The van der Waals surface area contributed by atoms with Crippen molar-refractivity contribution in [2.45, 2.75) is 38.4 Å². The van der Waals surface area contributed by atoms with E-state index < -0.39 is 23.8 Å². The van der Waals surface area contributed by atoms with Gasteiger partial charge in [0, 0.05) is 28.6 Å². The fourth-order valence-corrected chi connectivity index (χ4v) is 4.12. The second kappa shape index (κ2) is 10.9. The molecule has 1 aliphatic rings. The monoisotopic (exact) mass is 540 g/mol. The summed E-state index contributed by atoms with van der Waals surface area (Å²) in [6.45, 7) is 2.14. The SMILES string of the molecule is CCOC1=C(C(NC(=O)Nc2cccc(C(F)(F)F)c2)c2ccc(Br)cc2OC)C(=O)CCC1. The van der Waals surface area contributed by atoms with E-state index in [1.165, 1.54) is 19.2 Å². The Kier molecular flexibility index (Phi) is 8.24. The standard InChI is InChI=1S/C24H24BrF3N2O4/c1-3-34-19-9-5-8-18(31)21(19)22(17-11-10-15(25)13-20(17)33-2)30-23(32)29-16-7-4-6-14(12-16)24(26,27)28/h4,6-7,10-13,22H,3,5,8-9H2,1-2H3,(H2,29,30,32). The predicted octanol–water partition coefficient (Wildman–Crippen LogP) is 6.38. The highest BCUT2D eigenvalue weighted by Gasteiger charge is 2.33. The molecule has 0 saturated heterocycles. The molecular formula is C24H24BrF3N2O4. The van der Waals surface area contributed by atoms with Crippen molar-refractivity contribution in [1.82, 2.24) is 5.32 Å². The highest BCUT2D eigenvalue weighted by Crippen LogP contribution is 2.38. The van der Waals surface area contributed by atoms with Gasteiger partial charge in [-0.2, -0.15) is 13.2 Å². The number of methoxy groups -OCH3 is 1. The molecule has 0 fully saturated rings. The number of carbonyl (C=O) groups excluding carboxylic acids is 2. The molecule has 2 N–H and O–H groups in total. The maximum Gasteiger partial charge on any atom is 0.416 e. The van der Waals surface area contributed by atoms with Crippen molar-refractivity contribution in [3.8, 4) is 5.75 Å². The minimum Gasteiger partial charge on any atom is -0.498 e. The molecule has 0 aliphatic heterocycles. The molecule has 10 heteroatoms. The average molecular weight is 541 g/mol. The van der Waals surface area contributed by atoms with Crippen LogP contribution in [0.3, 0.4) is 0 Å². The molecule has 0 saturated carbocycles. The van der Waals surface area contributed by atoms with Crippen LogP contribution in [0.4, 0.5) is 23.7 Å². The fraction of sp³-hybridized carbons (Fsp3) is 0.333. The summed E-state index contributed by atoms with van der Waals surface area (Å²) >= 11 is 3.37. The van der Waals surface area contributed by atoms with Crippen LogP contribution in [-0.2, 0) is 15.7 Å². The number of alkyl halides is 3. The van der Waals surface area contributed by atoms with Crippen LogP contribution in [0, 0.1) is 0 Å². The molecule has 0 radical (unpaired) electrons.